The molecule has 0 bridgehead atoms. The first kappa shape index (κ1) is 24.7. The Labute approximate surface area is 201 Å². The fourth-order valence-corrected chi connectivity index (χ4v) is 4.55. The maximum atomic E-state index is 14.0. The third kappa shape index (κ3) is 5.90. The molecule has 2 aromatic carbocycles. The molecule has 12 heteroatoms. The summed E-state index contributed by atoms with van der Waals surface area (Å²) >= 11 is 18.9. The standard InChI is InChI=1S/C20H16Cl3F2N3O3S/c1-31-5-4-28-19(30)17(32-20(28)27-15-3-2-10(24)6-14(15)25)9-18(29)26-16-8-12(22)11(21)7-13(16)23/h2-3,6-8,17H,4-5,9H2,1H3,(H,26,29). The number of hydrogen-bond acceptors (Lipinski definition) is 5. The number of amides is 2. The van der Waals surface area contributed by atoms with E-state index in [0.29, 0.717) is 6.07 Å². The van der Waals surface area contributed by atoms with Gasteiger partial charge in [0, 0.05) is 19.6 Å². The van der Waals surface area contributed by atoms with Crippen molar-refractivity contribution in [3.8, 4) is 0 Å². The lowest BCUT2D eigenvalue weighted by atomic mass is 10.2. The molecule has 1 atom stereocenters. The summed E-state index contributed by atoms with van der Waals surface area (Å²) in [5, 5.41) is 2.60. The molecule has 6 nitrogen and oxygen atoms in total. The first-order chi connectivity index (χ1) is 15.2. The zero-order valence-electron chi connectivity index (χ0n) is 16.5. The van der Waals surface area contributed by atoms with Crippen molar-refractivity contribution in [2.45, 2.75) is 11.7 Å². The predicted octanol–water partition coefficient (Wildman–Crippen LogP) is 5.53. The Balaban J connectivity index is 1.78. The fraction of sp³-hybridized carbons (Fsp3) is 0.250. The fourth-order valence-electron chi connectivity index (χ4n) is 2.78. The van der Waals surface area contributed by atoms with E-state index < -0.39 is 22.8 Å². The normalized spacial score (nSPS) is 17.3. The first-order valence-corrected chi connectivity index (χ1v) is 11.2. The number of carbonyl (C=O) groups is 2. The number of methoxy groups -OCH3 is 1. The molecule has 1 fully saturated rings. The number of rotatable bonds is 7. The molecule has 0 aliphatic carbocycles. The lowest BCUT2D eigenvalue weighted by Gasteiger charge is -2.16. The van der Waals surface area contributed by atoms with Gasteiger partial charge in [0.15, 0.2) is 11.0 Å². The SMILES string of the molecule is COCCN1C(=O)C(CC(=O)Nc2cc(Cl)c(Cl)cc2Cl)SC1=Nc1ccc(F)cc1F. The van der Waals surface area contributed by atoms with Gasteiger partial charge in [0.1, 0.15) is 16.8 Å². The smallest absolute Gasteiger partial charge is 0.242 e. The molecule has 3 rings (SSSR count). The van der Waals surface area contributed by atoms with E-state index in [0.717, 1.165) is 17.8 Å². The van der Waals surface area contributed by atoms with Crippen molar-refractivity contribution in [3.63, 3.8) is 0 Å². The van der Waals surface area contributed by atoms with Gasteiger partial charge in [-0.25, -0.2) is 13.8 Å². The molecule has 1 unspecified atom stereocenters. The second-order valence-electron chi connectivity index (χ2n) is 6.58. The average Bonchev–Trinajstić information content (AvgIpc) is 3.00. The second-order valence-corrected chi connectivity index (χ2v) is 8.97. The maximum Gasteiger partial charge on any atom is 0.242 e. The third-order valence-corrected chi connectivity index (χ3v) is 6.53. The number of aliphatic imine (C=N–C) groups is 1. The number of nitrogens with one attached hydrogen (secondary N) is 1. The van der Waals surface area contributed by atoms with E-state index in [4.69, 9.17) is 39.5 Å². The topological polar surface area (TPSA) is 71.0 Å². The molecule has 0 aromatic heterocycles. The Hall–Kier alpha value is -1.91. The van der Waals surface area contributed by atoms with E-state index in [9.17, 15) is 18.4 Å². The van der Waals surface area contributed by atoms with Gasteiger partial charge in [-0.15, -0.1) is 0 Å². The van der Waals surface area contributed by atoms with Crippen LogP contribution in [-0.4, -0.2) is 47.4 Å². The predicted molar refractivity (Wildman–Crippen MR) is 123 cm³/mol. The van der Waals surface area contributed by atoms with Crippen LogP contribution in [0.15, 0.2) is 35.3 Å². The van der Waals surface area contributed by atoms with Crippen LogP contribution in [0.5, 0.6) is 0 Å². The van der Waals surface area contributed by atoms with Crippen LogP contribution in [-0.2, 0) is 14.3 Å². The van der Waals surface area contributed by atoms with Crippen molar-refractivity contribution in [1.82, 2.24) is 4.90 Å². The van der Waals surface area contributed by atoms with Crippen molar-refractivity contribution in [1.29, 1.82) is 0 Å². The van der Waals surface area contributed by atoms with Gasteiger partial charge in [0.2, 0.25) is 11.8 Å². The van der Waals surface area contributed by atoms with Crippen LogP contribution < -0.4 is 5.32 Å². The Morgan fingerprint density at radius 3 is 2.59 bits per heavy atom. The Bertz CT molecular complexity index is 1090. The number of anilines is 1. The van der Waals surface area contributed by atoms with Crippen LogP contribution in [0.1, 0.15) is 6.42 Å². The number of carbonyl (C=O) groups excluding carboxylic acids is 2. The summed E-state index contributed by atoms with van der Waals surface area (Å²) in [5.41, 5.74) is 0.122. The molecular weight excluding hydrogens is 507 g/mol. The number of benzene rings is 2. The molecule has 1 aliphatic rings. The van der Waals surface area contributed by atoms with Crippen LogP contribution in [0.2, 0.25) is 15.1 Å². The summed E-state index contributed by atoms with van der Waals surface area (Å²) in [5.74, 6) is -2.48. The lowest BCUT2D eigenvalue weighted by Crippen LogP contribution is -2.35. The molecule has 1 aliphatic heterocycles. The number of thioether (sulfide) groups is 1. The van der Waals surface area contributed by atoms with Gasteiger partial charge < -0.3 is 10.1 Å². The van der Waals surface area contributed by atoms with Crippen molar-refractivity contribution >= 4 is 74.9 Å². The largest absolute Gasteiger partial charge is 0.383 e. The van der Waals surface area contributed by atoms with Crippen molar-refractivity contribution in [2.24, 2.45) is 4.99 Å². The number of halogens is 5. The van der Waals surface area contributed by atoms with E-state index in [2.05, 4.69) is 10.3 Å². The van der Waals surface area contributed by atoms with E-state index in [1.165, 1.54) is 30.2 Å². The summed E-state index contributed by atoms with van der Waals surface area (Å²) in [6.45, 7) is 0.357. The highest BCUT2D eigenvalue weighted by atomic mass is 35.5. The van der Waals surface area contributed by atoms with Crippen LogP contribution >= 0.6 is 46.6 Å². The van der Waals surface area contributed by atoms with Gasteiger partial charge in [0.05, 0.1) is 33.9 Å². The third-order valence-electron chi connectivity index (χ3n) is 4.32. The molecule has 0 saturated carbocycles. The quantitative estimate of drug-likeness (QED) is 0.485. The highest BCUT2D eigenvalue weighted by molar-refractivity contribution is 8.15. The minimum Gasteiger partial charge on any atom is -0.383 e. The first-order valence-electron chi connectivity index (χ1n) is 9.14. The summed E-state index contributed by atoms with van der Waals surface area (Å²) in [7, 11) is 1.47. The Morgan fingerprint density at radius 2 is 1.91 bits per heavy atom. The van der Waals surface area contributed by atoms with E-state index >= 15 is 0 Å². The minimum atomic E-state index is -0.868. The molecule has 32 heavy (non-hydrogen) atoms. The van der Waals surface area contributed by atoms with E-state index in [-0.39, 0.29) is 57.1 Å². The second kappa shape index (κ2) is 10.8. The van der Waals surface area contributed by atoms with E-state index in [1.807, 2.05) is 0 Å². The number of nitrogens with zero attached hydrogens (tertiary/aromatic N) is 2. The zero-order chi connectivity index (χ0) is 23.4. The summed E-state index contributed by atoms with van der Waals surface area (Å²) < 4.78 is 32.2. The molecule has 0 radical (unpaired) electrons. The van der Waals surface area contributed by atoms with Crippen molar-refractivity contribution < 1.29 is 23.1 Å². The van der Waals surface area contributed by atoms with Gasteiger partial charge in [-0.1, -0.05) is 46.6 Å². The number of ether oxygens (including phenoxy) is 1. The molecule has 170 valence electrons. The lowest BCUT2D eigenvalue weighted by molar-refractivity contribution is -0.128. The molecule has 1 saturated heterocycles. The number of hydrogen-bond donors (Lipinski definition) is 1. The summed E-state index contributed by atoms with van der Waals surface area (Å²) in [6, 6.07) is 5.74. The van der Waals surface area contributed by atoms with E-state index in [1.54, 1.807) is 0 Å². The highest BCUT2D eigenvalue weighted by Crippen LogP contribution is 2.34. The van der Waals surface area contributed by atoms with Gasteiger partial charge in [0.25, 0.3) is 0 Å². The maximum absolute atomic E-state index is 14.0. The van der Waals surface area contributed by atoms with Crippen LogP contribution in [0.3, 0.4) is 0 Å². The Morgan fingerprint density at radius 1 is 1.19 bits per heavy atom. The van der Waals surface area contributed by atoms with Crippen molar-refractivity contribution in [3.05, 3.63) is 57.0 Å². The molecular formula is C20H16Cl3F2N3O3S. The number of amidine groups is 1. The van der Waals surface area contributed by atoms with Gasteiger partial charge in [-0.3, -0.25) is 14.5 Å². The van der Waals surface area contributed by atoms with Crippen LogP contribution in [0.4, 0.5) is 20.2 Å². The van der Waals surface area contributed by atoms with Gasteiger partial charge in [-0.2, -0.15) is 0 Å². The molecule has 2 aromatic rings. The minimum absolute atomic E-state index is 0.128. The van der Waals surface area contributed by atoms with Crippen LogP contribution in [0.25, 0.3) is 0 Å². The van der Waals surface area contributed by atoms with Gasteiger partial charge >= 0.3 is 0 Å². The zero-order valence-corrected chi connectivity index (χ0v) is 19.6. The molecule has 0 spiro atoms. The molecule has 2 amide bonds. The summed E-state index contributed by atoms with van der Waals surface area (Å²) in [6.07, 6.45) is -0.200. The van der Waals surface area contributed by atoms with Crippen molar-refractivity contribution in [2.75, 3.05) is 25.6 Å². The monoisotopic (exact) mass is 521 g/mol. The Kier molecular flexibility index (Phi) is 8.35. The molecule has 1 heterocycles. The van der Waals surface area contributed by atoms with Gasteiger partial charge in [-0.05, 0) is 24.3 Å². The summed E-state index contributed by atoms with van der Waals surface area (Å²) in [4.78, 5) is 30.9. The molecule has 1 N–H and O–H groups in total. The van der Waals surface area contributed by atoms with Crippen LogP contribution in [0, 0.1) is 11.6 Å². The highest BCUT2D eigenvalue weighted by Gasteiger charge is 2.39. The average molecular weight is 523 g/mol.